The second-order valence-electron chi connectivity index (χ2n) is 2.12. The van der Waals surface area contributed by atoms with E-state index in [9.17, 15) is 4.79 Å². The average molecular weight is 192 g/mol. The molecular formula is C7H10ClNOS. The second kappa shape index (κ2) is 4.49. The summed E-state index contributed by atoms with van der Waals surface area (Å²) >= 11 is 1.45. The molecule has 0 saturated carbocycles. The topological polar surface area (TPSA) is 43.1 Å². The van der Waals surface area contributed by atoms with Gasteiger partial charge in [-0.1, -0.05) is 0 Å². The number of carbonyl (C=O) groups excluding carboxylic acids is 1. The fraction of sp³-hybridized carbons (Fsp3) is 0.286. The van der Waals surface area contributed by atoms with Crippen molar-refractivity contribution in [2.75, 3.05) is 6.54 Å². The number of nitrogens with two attached hydrogens (primary N) is 1. The van der Waals surface area contributed by atoms with Crippen LogP contribution in [0.1, 0.15) is 15.2 Å². The lowest BCUT2D eigenvalue weighted by molar-refractivity contribution is 0.100. The van der Waals surface area contributed by atoms with Gasteiger partial charge in [-0.15, -0.1) is 23.7 Å². The summed E-state index contributed by atoms with van der Waals surface area (Å²) < 4.78 is 0. The maximum absolute atomic E-state index is 10.9. The summed E-state index contributed by atoms with van der Waals surface area (Å²) in [6.45, 7) is 2.07. The second-order valence-corrected chi connectivity index (χ2v) is 3.03. The molecule has 1 aromatic heterocycles. The normalized spacial score (nSPS) is 8.91. The molecule has 0 aromatic carbocycles. The van der Waals surface area contributed by atoms with Crippen molar-refractivity contribution in [2.45, 2.75) is 6.92 Å². The van der Waals surface area contributed by atoms with Crippen LogP contribution >= 0.6 is 23.7 Å². The molecule has 0 radical (unpaired) electrons. The summed E-state index contributed by atoms with van der Waals surface area (Å²) in [5, 5.41) is 1.95. The summed E-state index contributed by atoms with van der Waals surface area (Å²) in [7, 11) is 0. The van der Waals surface area contributed by atoms with Crippen molar-refractivity contribution in [2.24, 2.45) is 5.73 Å². The molecule has 2 nitrogen and oxygen atoms in total. The largest absolute Gasteiger partial charge is 0.324 e. The van der Waals surface area contributed by atoms with Crippen LogP contribution in [0.15, 0.2) is 11.4 Å². The van der Waals surface area contributed by atoms with Gasteiger partial charge in [-0.05, 0) is 23.9 Å². The highest BCUT2D eigenvalue weighted by atomic mass is 35.5. The number of aryl methyl sites for hydroxylation is 1. The van der Waals surface area contributed by atoms with Gasteiger partial charge in [0.05, 0.1) is 11.4 Å². The molecule has 0 amide bonds. The highest BCUT2D eigenvalue weighted by Crippen LogP contribution is 2.13. The molecule has 0 atom stereocenters. The molecular weight excluding hydrogens is 182 g/mol. The Morgan fingerprint density at radius 2 is 2.36 bits per heavy atom. The number of carbonyl (C=O) groups is 1. The third kappa shape index (κ3) is 2.61. The van der Waals surface area contributed by atoms with Crippen LogP contribution in [0, 0.1) is 6.92 Å². The van der Waals surface area contributed by atoms with Crippen LogP contribution in [0.25, 0.3) is 0 Å². The van der Waals surface area contributed by atoms with Crippen molar-refractivity contribution in [1.29, 1.82) is 0 Å². The maximum atomic E-state index is 10.9. The van der Waals surface area contributed by atoms with Gasteiger partial charge in [-0.2, -0.15) is 0 Å². The summed E-state index contributed by atoms with van der Waals surface area (Å²) in [5.41, 5.74) is 6.30. The summed E-state index contributed by atoms with van der Waals surface area (Å²) in [4.78, 5) is 11.7. The van der Waals surface area contributed by atoms with E-state index in [4.69, 9.17) is 5.73 Å². The first kappa shape index (κ1) is 10.6. The summed E-state index contributed by atoms with van der Waals surface area (Å²) in [5.74, 6) is 0.0260. The van der Waals surface area contributed by atoms with Crippen LogP contribution < -0.4 is 5.73 Å². The van der Waals surface area contributed by atoms with E-state index in [-0.39, 0.29) is 24.7 Å². The summed E-state index contributed by atoms with van der Waals surface area (Å²) in [6.07, 6.45) is 0. The third-order valence-corrected chi connectivity index (χ3v) is 2.28. The first-order chi connectivity index (χ1) is 4.74. The van der Waals surface area contributed by atoms with Crippen molar-refractivity contribution >= 4 is 29.5 Å². The van der Waals surface area contributed by atoms with Gasteiger partial charge in [0.15, 0.2) is 5.78 Å². The van der Waals surface area contributed by atoms with Crippen LogP contribution in [0.5, 0.6) is 0 Å². The Hall–Kier alpha value is -0.380. The third-order valence-electron chi connectivity index (χ3n) is 1.19. The lowest BCUT2D eigenvalue weighted by atomic mass is 10.3. The van der Waals surface area contributed by atoms with Crippen molar-refractivity contribution in [3.05, 3.63) is 21.9 Å². The minimum Gasteiger partial charge on any atom is -0.324 e. The standard InChI is InChI=1S/C7H9NOS.ClH/c1-5-2-7(10-4-5)6(9)3-8;/h2,4H,3,8H2,1H3;1H. The molecule has 0 spiro atoms. The van der Waals surface area contributed by atoms with Gasteiger partial charge in [-0.3, -0.25) is 4.79 Å². The number of halogens is 1. The van der Waals surface area contributed by atoms with Gasteiger partial charge in [0.1, 0.15) is 0 Å². The van der Waals surface area contributed by atoms with Crippen LogP contribution in [0.3, 0.4) is 0 Å². The molecule has 11 heavy (non-hydrogen) atoms. The Bertz CT molecular complexity index is 246. The smallest absolute Gasteiger partial charge is 0.186 e. The van der Waals surface area contributed by atoms with E-state index in [1.807, 2.05) is 18.4 Å². The predicted octanol–water partition coefficient (Wildman–Crippen LogP) is 1.62. The molecule has 1 rings (SSSR count). The lowest BCUT2D eigenvalue weighted by Crippen LogP contribution is -2.11. The number of hydrogen-bond acceptors (Lipinski definition) is 3. The van der Waals surface area contributed by atoms with Crippen LogP contribution in [0.4, 0.5) is 0 Å². The van der Waals surface area contributed by atoms with E-state index in [0.29, 0.717) is 0 Å². The average Bonchev–Trinajstić information content (AvgIpc) is 2.34. The molecule has 0 aliphatic carbocycles. The summed E-state index contributed by atoms with van der Waals surface area (Å²) in [6, 6.07) is 1.86. The Kier molecular flexibility index (Phi) is 4.33. The number of rotatable bonds is 2. The Labute approximate surface area is 75.8 Å². The molecule has 1 aromatic rings. The van der Waals surface area contributed by atoms with Crippen molar-refractivity contribution < 1.29 is 4.79 Å². The molecule has 0 aliphatic heterocycles. The Morgan fingerprint density at radius 1 is 1.73 bits per heavy atom. The zero-order chi connectivity index (χ0) is 7.56. The minimum absolute atomic E-state index is 0. The van der Waals surface area contributed by atoms with E-state index in [2.05, 4.69) is 0 Å². The monoisotopic (exact) mass is 191 g/mol. The van der Waals surface area contributed by atoms with Gasteiger partial charge in [0.25, 0.3) is 0 Å². The van der Waals surface area contributed by atoms with Gasteiger partial charge < -0.3 is 5.73 Å². The molecule has 1 heterocycles. The van der Waals surface area contributed by atoms with Crippen molar-refractivity contribution in [1.82, 2.24) is 0 Å². The number of hydrogen-bond donors (Lipinski definition) is 1. The van der Waals surface area contributed by atoms with Gasteiger partial charge >= 0.3 is 0 Å². The molecule has 2 N–H and O–H groups in total. The van der Waals surface area contributed by atoms with Gasteiger partial charge in [0, 0.05) is 0 Å². The highest BCUT2D eigenvalue weighted by Gasteiger charge is 2.03. The first-order valence-electron chi connectivity index (χ1n) is 3.02. The van der Waals surface area contributed by atoms with Gasteiger partial charge in [0.2, 0.25) is 0 Å². The number of Topliss-reactive ketones (excluding diaryl/α,β-unsaturated/α-hetero) is 1. The van der Waals surface area contributed by atoms with E-state index in [0.717, 1.165) is 10.4 Å². The molecule has 0 bridgehead atoms. The SMILES string of the molecule is Cc1csc(C(=O)CN)c1.Cl. The maximum Gasteiger partial charge on any atom is 0.186 e. The first-order valence-corrected chi connectivity index (χ1v) is 3.90. The van der Waals surface area contributed by atoms with E-state index >= 15 is 0 Å². The lowest BCUT2D eigenvalue weighted by Gasteiger charge is -1.87. The molecule has 0 saturated heterocycles. The van der Waals surface area contributed by atoms with Crippen molar-refractivity contribution in [3.63, 3.8) is 0 Å². The zero-order valence-corrected chi connectivity index (χ0v) is 7.80. The molecule has 62 valence electrons. The molecule has 0 unspecified atom stereocenters. The number of thiophene rings is 1. The Balaban J connectivity index is 0.000001000. The zero-order valence-electron chi connectivity index (χ0n) is 6.16. The van der Waals surface area contributed by atoms with Gasteiger partial charge in [-0.25, -0.2) is 0 Å². The quantitative estimate of drug-likeness (QED) is 0.722. The fourth-order valence-corrected chi connectivity index (χ4v) is 1.53. The number of ketones is 1. The highest BCUT2D eigenvalue weighted by molar-refractivity contribution is 7.12. The van der Waals surface area contributed by atoms with Crippen molar-refractivity contribution in [3.8, 4) is 0 Å². The van der Waals surface area contributed by atoms with Crippen LogP contribution in [-0.4, -0.2) is 12.3 Å². The minimum atomic E-state index is 0. The molecule has 0 aliphatic rings. The molecule has 4 heteroatoms. The van der Waals surface area contributed by atoms with Crippen LogP contribution in [0.2, 0.25) is 0 Å². The van der Waals surface area contributed by atoms with Crippen LogP contribution in [-0.2, 0) is 0 Å². The van der Waals surface area contributed by atoms with E-state index in [1.165, 1.54) is 11.3 Å². The van der Waals surface area contributed by atoms with E-state index < -0.39 is 0 Å². The molecule has 0 fully saturated rings. The van der Waals surface area contributed by atoms with E-state index in [1.54, 1.807) is 0 Å². The Morgan fingerprint density at radius 3 is 2.73 bits per heavy atom. The predicted molar refractivity (Wildman–Crippen MR) is 49.7 cm³/mol. The fourth-order valence-electron chi connectivity index (χ4n) is 0.678.